The molecule has 2 aromatic carbocycles. The van der Waals surface area contributed by atoms with Crippen molar-refractivity contribution in [3.05, 3.63) is 53.6 Å². The van der Waals surface area contributed by atoms with Gasteiger partial charge in [0, 0.05) is 38.5 Å². The molecule has 0 saturated carbocycles. The summed E-state index contributed by atoms with van der Waals surface area (Å²) in [5, 5.41) is 5.45. The van der Waals surface area contributed by atoms with E-state index in [1.807, 2.05) is 0 Å². The first-order chi connectivity index (χ1) is 17.8. The Morgan fingerprint density at radius 1 is 1.05 bits per heavy atom. The van der Waals surface area contributed by atoms with Crippen molar-refractivity contribution in [2.45, 2.75) is 49.3 Å². The van der Waals surface area contributed by atoms with Crippen LogP contribution in [0.5, 0.6) is 11.5 Å². The van der Waals surface area contributed by atoms with E-state index in [0.717, 1.165) is 22.5 Å². The Bertz CT molecular complexity index is 1240. The standard InChI is InChI=1S/C25H30F3N3O6S/c1-16(32)29-22(14-17-12-19(36-2)15-20(13-17)37-3)24(33)30-18-8-10-31(11-9-18)38(34,35)23-7-5-4-6-21(23)25(26,27)28/h4-7,12-13,15,18,22H,8-11,14H2,1-3H3,(H,29,32)(H,30,33)/t22-/m0/s1. The summed E-state index contributed by atoms with van der Waals surface area (Å²) in [5.41, 5.74) is -0.540. The number of nitrogens with one attached hydrogen (secondary N) is 2. The summed E-state index contributed by atoms with van der Waals surface area (Å²) < 4.78 is 77.6. The largest absolute Gasteiger partial charge is 0.497 e. The second kappa shape index (κ2) is 12.0. The second-order valence-electron chi connectivity index (χ2n) is 8.86. The lowest BCUT2D eigenvalue weighted by molar-refractivity contribution is -0.140. The molecular weight excluding hydrogens is 527 g/mol. The van der Waals surface area contributed by atoms with Crippen LogP contribution in [-0.4, -0.2) is 63.9 Å². The Kier molecular flexibility index (Phi) is 9.26. The van der Waals surface area contributed by atoms with Crippen molar-refractivity contribution < 1.29 is 40.7 Å². The third-order valence-electron chi connectivity index (χ3n) is 6.16. The summed E-state index contributed by atoms with van der Waals surface area (Å²) >= 11 is 0. The van der Waals surface area contributed by atoms with Gasteiger partial charge in [-0.25, -0.2) is 8.42 Å². The minimum absolute atomic E-state index is 0.0721. The lowest BCUT2D eigenvalue weighted by Gasteiger charge is -2.33. The van der Waals surface area contributed by atoms with E-state index >= 15 is 0 Å². The third kappa shape index (κ3) is 7.16. The van der Waals surface area contributed by atoms with E-state index in [9.17, 15) is 31.2 Å². The Morgan fingerprint density at radius 2 is 1.63 bits per heavy atom. The quantitative estimate of drug-likeness (QED) is 0.490. The minimum Gasteiger partial charge on any atom is -0.497 e. The van der Waals surface area contributed by atoms with Gasteiger partial charge >= 0.3 is 6.18 Å². The van der Waals surface area contributed by atoms with Crippen LogP contribution in [0.4, 0.5) is 13.2 Å². The maximum absolute atomic E-state index is 13.4. The SMILES string of the molecule is COc1cc(C[C@H](NC(C)=O)C(=O)NC2CCN(S(=O)(=O)c3ccccc3C(F)(F)F)CC2)cc(OC)c1. The molecule has 1 aliphatic rings. The highest BCUT2D eigenvalue weighted by Crippen LogP contribution is 2.35. The van der Waals surface area contributed by atoms with Crippen molar-refractivity contribution in [2.75, 3.05) is 27.3 Å². The average molecular weight is 558 g/mol. The number of benzene rings is 2. The molecule has 0 radical (unpaired) electrons. The molecule has 0 aliphatic carbocycles. The number of nitrogens with zero attached hydrogens (tertiary/aromatic N) is 1. The molecule has 2 aromatic rings. The fourth-order valence-corrected chi connectivity index (χ4v) is 5.96. The Hall–Kier alpha value is -3.32. The van der Waals surface area contributed by atoms with Gasteiger partial charge < -0.3 is 20.1 Å². The number of methoxy groups -OCH3 is 2. The van der Waals surface area contributed by atoms with E-state index in [4.69, 9.17) is 9.47 Å². The van der Waals surface area contributed by atoms with Crippen LogP contribution in [0, 0.1) is 0 Å². The van der Waals surface area contributed by atoms with Crippen LogP contribution in [0.3, 0.4) is 0 Å². The smallest absolute Gasteiger partial charge is 0.417 e. The van der Waals surface area contributed by atoms with E-state index < -0.39 is 50.6 Å². The highest BCUT2D eigenvalue weighted by Gasteiger charge is 2.40. The van der Waals surface area contributed by atoms with Crippen LogP contribution in [0.1, 0.15) is 30.9 Å². The topological polar surface area (TPSA) is 114 Å². The van der Waals surface area contributed by atoms with E-state index in [2.05, 4.69) is 10.6 Å². The molecule has 38 heavy (non-hydrogen) atoms. The highest BCUT2D eigenvalue weighted by molar-refractivity contribution is 7.89. The van der Waals surface area contributed by atoms with Crippen LogP contribution in [0.25, 0.3) is 0 Å². The second-order valence-corrected chi connectivity index (χ2v) is 10.8. The maximum atomic E-state index is 13.4. The zero-order valence-corrected chi connectivity index (χ0v) is 22.0. The highest BCUT2D eigenvalue weighted by atomic mass is 32.2. The number of rotatable bonds is 9. The molecule has 1 saturated heterocycles. The molecule has 2 amide bonds. The molecule has 0 spiro atoms. The molecule has 1 aliphatic heterocycles. The van der Waals surface area contributed by atoms with Gasteiger partial charge in [-0.05, 0) is 42.7 Å². The molecular formula is C25H30F3N3O6S. The van der Waals surface area contributed by atoms with Crippen molar-refractivity contribution in [2.24, 2.45) is 0 Å². The fourth-order valence-electron chi connectivity index (χ4n) is 4.28. The summed E-state index contributed by atoms with van der Waals surface area (Å²) in [4.78, 5) is 24.1. The number of amides is 2. The van der Waals surface area contributed by atoms with Crippen molar-refractivity contribution in [3.63, 3.8) is 0 Å². The van der Waals surface area contributed by atoms with Crippen molar-refractivity contribution in [1.29, 1.82) is 0 Å². The van der Waals surface area contributed by atoms with Gasteiger partial charge in [-0.1, -0.05) is 12.1 Å². The number of sulfonamides is 1. The summed E-state index contributed by atoms with van der Waals surface area (Å²) in [5.74, 6) is 0.152. The number of halogens is 3. The first-order valence-electron chi connectivity index (χ1n) is 11.8. The number of hydrogen-bond donors (Lipinski definition) is 2. The molecule has 1 heterocycles. The van der Waals surface area contributed by atoms with E-state index in [1.165, 1.54) is 27.2 Å². The van der Waals surface area contributed by atoms with Crippen LogP contribution >= 0.6 is 0 Å². The summed E-state index contributed by atoms with van der Waals surface area (Å²) in [7, 11) is -1.41. The van der Waals surface area contributed by atoms with Gasteiger partial charge in [-0.2, -0.15) is 17.5 Å². The van der Waals surface area contributed by atoms with E-state index in [0.29, 0.717) is 17.1 Å². The zero-order valence-electron chi connectivity index (χ0n) is 21.2. The first-order valence-corrected chi connectivity index (χ1v) is 13.2. The Labute approximate surface area is 219 Å². The van der Waals surface area contributed by atoms with Crippen LogP contribution in [0.2, 0.25) is 0 Å². The zero-order chi connectivity index (χ0) is 28.1. The number of carbonyl (C=O) groups excluding carboxylic acids is 2. The van der Waals surface area contributed by atoms with Crippen LogP contribution in [-0.2, 0) is 32.2 Å². The number of ether oxygens (including phenoxy) is 2. The normalized spacial score (nSPS) is 15.9. The van der Waals surface area contributed by atoms with Crippen LogP contribution < -0.4 is 20.1 Å². The lowest BCUT2D eigenvalue weighted by Crippen LogP contribution is -2.53. The van der Waals surface area contributed by atoms with E-state index in [1.54, 1.807) is 18.2 Å². The number of alkyl halides is 3. The van der Waals surface area contributed by atoms with E-state index in [-0.39, 0.29) is 32.4 Å². The fraction of sp³-hybridized carbons (Fsp3) is 0.440. The molecule has 9 nitrogen and oxygen atoms in total. The monoisotopic (exact) mass is 557 g/mol. The van der Waals surface area contributed by atoms with Gasteiger partial charge in [-0.15, -0.1) is 0 Å². The molecule has 1 fully saturated rings. The summed E-state index contributed by atoms with van der Waals surface area (Å²) in [6.45, 7) is 1.14. The van der Waals surface area contributed by atoms with Gasteiger partial charge in [-0.3, -0.25) is 9.59 Å². The van der Waals surface area contributed by atoms with Gasteiger partial charge in [0.2, 0.25) is 21.8 Å². The van der Waals surface area contributed by atoms with Gasteiger partial charge in [0.25, 0.3) is 0 Å². The molecule has 1 atom stereocenters. The Morgan fingerprint density at radius 3 is 2.16 bits per heavy atom. The Balaban J connectivity index is 1.68. The molecule has 208 valence electrons. The average Bonchev–Trinajstić information content (AvgIpc) is 2.87. The lowest BCUT2D eigenvalue weighted by atomic mass is 10.0. The predicted molar refractivity (Wildman–Crippen MR) is 132 cm³/mol. The minimum atomic E-state index is -4.82. The number of piperidine rings is 1. The molecule has 2 N–H and O–H groups in total. The van der Waals surface area contributed by atoms with Crippen molar-refractivity contribution in [1.82, 2.24) is 14.9 Å². The van der Waals surface area contributed by atoms with Gasteiger partial charge in [0.1, 0.15) is 17.5 Å². The van der Waals surface area contributed by atoms with Gasteiger partial charge in [0.15, 0.2) is 0 Å². The van der Waals surface area contributed by atoms with Crippen molar-refractivity contribution in [3.8, 4) is 11.5 Å². The predicted octanol–water partition coefficient (Wildman–Crippen LogP) is 2.74. The van der Waals surface area contributed by atoms with Crippen molar-refractivity contribution >= 4 is 21.8 Å². The number of hydrogen-bond acceptors (Lipinski definition) is 6. The summed E-state index contributed by atoms with van der Waals surface area (Å²) in [6, 6.07) is 7.81. The number of carbonyl (C=O) groups is 2. The molecule has 3 rings (SSSR count). The van der Waals surface area contributed by atoms with Crippen LogP contribution in [0.15, 0.2) is 47.4 Å². The molecule has 13 heteroatoms. The third-order valence-corrected chi connectivity index (χ3v) is 8.11. The summed E-state index contributed by atoms with van der Waals surface area (Å²) in [6.07, 6.45) is -4.29. The van der Waals surface area contributed by atoms with Gasteiger partial charge in [0.05, 0.1) is 24.7 Å². The molecule has 0 aromatic heterocycles. The maximum Gasteiger partial charge on any atom is 0.417 e. The first kappa shape index (κ1) is 29.2. The molecule has 0 bridgehead atoms. The molecule has 0 unspecified atom stereocenters.